The summed E-state index contributed by atoms with van der Waals surface area (Å²) in [5, 5.41) is 14.8. The minimum Gasteiger partial charge on any atom is -0.473 e. The van der Waals surface area contributed by atoms with Crippen LogP contribution < -0.4 is 5.73 Å². The predicted octanol–water partition coefficient (Wildman–Crippen LogP) is 3.38. The Kier molecular flexibility index (Phi) is 7.73. The summed E-state index contributed by atoms with van der Waals surface area (Å²) >= 11 is 0. The van der Waals surface area contributed by atoms with Crippen molar-refractivity contribution in [3.63, 3.8) is 0 Å². The van der Waals surface area contributed by atoms with Gasteiger partial charge in [-0.05, 0) is 23.2 Å². The van der Waals surface area contributed by atoms with E-state index in [1.807, 2.05) is 6.33 Å². The molecule has 0 bridgehead atoms. The van der Waals surface area contributed by atoms with Crippen LogP contribution in [-0.4, -0.2) is 38.2 Å². The van der Waals surface area contributed by atoms with E-state index in [0.29, 0.717) is 6.54 Å². The monoisotopic (exact) mass is 443 g/mol. The number of aliphatic carboxylic acids is 2. The van der Waals surface area contributed by atoms with Crippen molar-refractivity contribution in [3.8, 4) is 0 Å². The van der Waals surface area contributed by atoms with Crippen molar-refractivity contribution in [1.29, 1.82) is 0 Å². The second-order valence-electron chi connectivity index (χ2n) is 7.23. The third-order valence-electron chi connectivity index (χ3n) is 5.18. The highest BCUT2D eigenvalue weighted by Gasteiger charge is 2.38. The molecule has 0 unspecified atom stereocenters. The van der Waals surface area contributed by atoms with Crippen molar-refractivity contribution >= 4 is 11.9 Å². The van der Waals surface area contributed by atoms with Crippen LogP contribution in [0.15, 0.2) is 104 Å². The number of nitrogens with two attached hydrogens (primary N) is 1. The first kappa shape index (κ1) is 23.4. The highest BCUT2D eigenvalue weighted by molar-refractivity contribution is 6.27. The zero-order chi connectivity index (χ0) is 23.7. The summed E-state index contributed by atoms with van der Waals surface area (Å²) < 4.78 is 2.22. The Morgan fingerprint density at radius 2 is 1.15 bits per heavy atom. The molecule has 4 N–H and O–H groups in total. The summed E-state index contributed by atoms with van der Waals surface area (Å²) in [5.74, 6) is -3.65. The summed E-state index contributed by atoms with van der Waals surface area (Å²) in [6.45, 7) is 0.589. The van der Waals surface area contributed by atoms with Gasteiger partial charge in [-0.1, -0.05) is 91.0 Å². The van der Waals surface area contributed by atoms with E-state index in [4.69, 9.17) is 25.5 Å². The molecule has 0 atom stereocenters. The second-order valence-corrected chi connectivity index (χ2v) is 7.23. The molecule has 4 rings (SSSR count). The number of carboxylic acids is 2. The zero-order valence-electron chi connectivity index (χ0n) is 17.9. The lowest BCUT2D eigenvalue weighted by molar-refractivity contribution is -0.159. The third kappa shape index (κ3) is 5.16. The first-order valence-electron chi connectivity index (χ1n) is 10.4. The lowest BCUT2D eigenvalue weighted by Gasteiger charge is -2.37. The molecule has 0 spiro atoms. The molecule has 0 saturated heterocycles. The lowest BCUT2D eigenvalue weighted by Crippen LogP contribution is -2.36. The van der Waals surface area contributed by atoms with E-state index in [9.17, 15) is 0 Å². The van der Waals surface area contributed by atoms with Crippen LogP contribution in [0.2, 0.25) is 0 Å². The first-order valence-corrected chi connectivity index (χ1v) is 10.4. The molecule has 1 heterocycles. The van der Waals surface area contributed by atoms with E-state index < -0.39 is 17.5 Å². The summed E-state index contributed by atoms with van der Waals surface area (Å²) in [5.41, 5.74) is 9.85. The number of benzene rings is 3. The first-order chi connectivity index (χ1) is 16.0. The van der Waals surface area contributed by atoms with Crippen LogP contribution >= 0.6 is 0 Å². The molecule has 7 nitrogen and oxygen atoms in total. The lowest BCUT2D eigenvalue weighted by atomic mass is 9.77. The number of imidazole rings is 1. The maximum absolute atomic E-state index is 9.10. The number of rotatable bonds is 6. The summed E-state index contributed by atoms with van der Waals surface area (Å²) in [4.78, 5) is 22.8. The molecule has 0 aliphatic rings. The molecule has 1 aromatic heterocycles. The van der Waals surface area contributed by atoms with E-state index in [0.717, 1.165) is 12.1 Å². The predicted molar refractivity (Wildman–Crippen MR) is 125 cm³/mol. The Hall–Kier alpha value is -4.23. The molecule has 0 aliphatic heterocycles. The van der Waals surface area contributed by atoms with Crippen molar-refractivity contribution in [2.75, 3.05) is 6.54 Å². The fraction of sp³-hybridized carbons (Fsp3) is 0.115. The number of hydrogen-bond donors (Lipinski definition) is 3. The van der Waals surface area contributed by atoms with E-state index in [1.165, 1.54) is 16.7 Å². The minimum atomic E-state index is -1.82. The van der Waals surface area contributed by atoms with Crippen molar-refractivity contribution in [2.24, 2.45) is 5.73 Å². The number of aromatic nitrogens is 2. The van der Waals surface area contributed by atoms with Gasteiger partial charge in [-0.3, -0.25) is 0 Å². The van der Waals surface area contributed by atoms with Crippen LogP contribution in [0.25, 0.3) is 0 Å². The summed E-state index contributed by atoms with van der Waals surface area (Å²) in [6, 6.07) is 31.8. The Morgan fingerprint density at radius 1 is 0.758 bits per heavy atom. The molecule has 0 aliphatic carbocycles. The van der Waals surface area contributed by atoms with Gasteiger partial charge in [0.1, 0.15) is 5.54 Å². The van der Waals surface area contributed by atoms with Gasteiger partial charge in [0.2, 0.25) is 0 Å². The molecule has 33 heavy (non-hydrogen) atoms. The molecule has 0 saturated carbocycles. The van der Waals surface area contributed by atoms with E-state index in [1.54, 1.807) is 0 Å². The van der Waals surface area contributed by atoms with Crippen molar-refractivity contribution in [2.45, 2.75) is 12.0 Å². The summed E-state index contributed by atoms with van der Waals surface area (Å²) in [6.07, 6.45) is 4.82. The number of hydrogen-bond acceptors (Lipinski definition) is 4. The Bertz CT molecular complexity index is 1070. The van der Waals surface area contributed by atoms with Crippen molar-refractivity contribution < 1.29 is 19.8 Å². The van der Waals surface area contributed by atoms with Gasteiger partial charge in [0.05, 0.1) is 12.0 Å². The van der Waals surface area contributed by atoms with Crippen LogP contribution in [0.4, 0.5) is 0 Å². The highest BCUT2D eigenvalue weighted by Crippen LogP contribution is 2.40. The van der Waals surface area contributed by atoms with Gasteiger partial charge < -0.3 is 20.5 Å². The second kappa shape index (κ2) is 10.9. The smallest absolute Gasteiger partial charge is 0.414 e. The van der Waals surface area contributed by atoms with Gasteiger partial charge in [-0.2, -0.15) is 0 Å². The topological polar surface area (TPSA) is 118 Å². The fourth-order valence-electron chi connectivity index (χ4n) is 3.81. The zero-order valence-corrected chi connectivity index (χ0v) is 17.9. The third-order valence-corrected chi connectivity index (χ3v) is 5.18. The van der Waals surface area contributed by atoms with E-state index in [-0.39, 0.29) is 0 Å². The van der Waals surface area contributed by atoms with Gasteiger partial charge in [-0.25, -0.2) is 14.6 Å². The SMILES string of the molecule is NCCc1cn(C(c2ccccc2)(c2ccccc2)c2ccccc2)cn1.O=C(O)C(=O)O. The molecule has 7 heteroatoms. The van der Waals surface area contributed by atoms with Crippen molar-refractivity contribution in [1.82, 2.24) is 9.55 Å². The highest BCUT2D eigenvalue weighted by atomic mass is 16.4. The van der Waals surface area contributed by atoms with Crippen LogP contribution in [0.3, 0.4) is 0 Å². The molecule has 0 amide bonds. The largest absolute Gasteiger partial charge is 0.473 e. The summed E-state index contributed by atoms with van der Waals surface area (Å²) in [7, 11) is 0. The minimum absolute atomic E-state index is 0.496. The van der Waals surface area contributed by atoms with E-state index in [2.05, 4.69) is 107 Å². The van der Waals surface area contributed by atoms with Crippen LogP contribution in [0, 0.1) is 0 Å². The molecular formula is C26H25N3O4. The molecule has 3 aromatic carbocycles. The fourth-order valence-corrected chi connectivity index (χ4v) is 3.81. The maximum atomic E-state index is 9.10. The van der Waals surface area contributed by atoms with Gasteiger partial charge in [0, 0.05) is 12.6 Å². The average molecular weight is 444 g/mol. The normalized spacial score (nSPS) is 10.7. The Balaban J connectivity index is 0.000000454. The molecule has 0 fully saturated rings. The van der Waals surface area contributed by atoms with E-state index >= 15 is 0 Å². The molecule has 168 valence electrons. The van der Waals surface area contributed by atoms with Crippen LogP contribution in [0.5, 0.6) is 0 Å². The standard InChI is InChI=1S/C24H23N3.C2H2O4/c25-17-16-23-18-27(19-26-23)24(20-10-4-1-5-11-20,21-12-6-2-7-13-21)22-14-8-3-9-15-22;3-1(4)2(5)6/h1-15,18-19H,16-17,25H2;(H,3,4)(H,5,6). The Morgan fingerprint density at radius 3 is 1.48 bits per heavy atom. The maximum Gasteiger partial charge on any atom is 0.414 e. The quantitative estimate of drug-likeness (QED) is 0.311. The van der Waals surface area contributed by atoms with Crippen molar-refractivity contribution in [3.05, 3.63) is 126 Å². The number of carbonyl (C=O) groups is 2. The van der Waals surface area contributed by atoms with Gasteiger partial charge in [-0.15, -0.1) is 0 Å². The molecule has 4 aromatic rings. The van der Waals surface area contributed by atoms with Gasteiger partial charge in [0.15, 0.2) is 0 Å². The average Bonchev–Trinajstić information content (AvgIpc) is 3.31. The van der Waals surface area contributed by atoms with Gasteiger partial charge >= 0.3 is 11.9 Å². The number of nitrogens with zero attached hydrogens (tertiary/aromatic N) is 2. The Labute approximate surface area is 191 Å². The van der Waals surface area contributed by atoms with Crippen LogP contribution in [-0.2, 0) is 21.5 Å². The number of carboxylic acid groups (broad SMARTS) is 2. The van der Waals surface area contributed by atoms with Gasteiger partial charge in [0.25, 0.3) is 0 Å². The molecule has 0 radical (unpaired) electrons. The molecular weight excluding hydrogens is 418 g/mol. The van der Waals surface area contributed by atoms with Crippen LogP contribution in [0.1, 0.15) is 22.4 Å².